The lowest BCUT2D eigenvalue weighted by atomic mass is 9.96. The molecule has 3 heterocycles. The summed E-state index contributed by atoms with van der Waals surface area (Å²) in [5.41, 5.74) is 0. The maximum absolute atomic E-state index is 12.8. The first-order valence-corrected chi connectivity index (χ1v) is 19.9. The average Bonchev–Trinajstić information content (AvgIpc) is 3.19. The summed E-state index contributed by atoms with van der Waals surface area (Å²) in [5.74, 6) is -0.299. The Morgan fingerprint density at radius 3 is 1.66 bits per heavy atom. The summed E-state index contributed by atoms with van der Waals surface area (Å²) in [6, 6.07) is -0.958. The monoisotopic (exact) mass is 813 g/mol. The fourth-order valence-electron chi connectivity index (χ4n) is 6.83. The molecule has 3 aliphatic heterocycles. The molecule has 12 N–H and O–H groups in total. The van der Waals surface area contributed by atoms with E-state index in [-0.39, 0.29) is 18.9 Å². The van der Waals surface area contributed by atoms with E-state index in [0.29, 0.717) is 6.42 Å². The largest absolute Gasteiger partial charge is 0.394 e. The lowest BCUT2D eigenvalue weighted by Crippen LogP contribution is -2.66. The van der Waals surface area contributed by atoms with Crippen molar-refractivity contribution in [3.05, 3.63) is 12.2 Å². The second kappa shape index (κ2) is 25.2. The van der Waals surface area contributed by atoms with Gasteiger partial charge in [0.25, 0.3) is 0 Å². The second-order valence-corrected chi connectivity index (χ2v) is 14.8. The van der Waals surface area contributed by atoms with Gasteiger partial charge in [-0.15, -0.1) is 0 Å². The molecule has 3 aliphatic rings. The first-order chi connectivity index (χ1) is 26.8. The highest BCUT2D eigenvalue weighted by Crippen LogP contribution is 2.32. The van der Waals surface area contributed by atoms with Gasteiger partial charge in [0.05, 0.1) is 38.6 Å². The standard InChI is InChI=1S/C37H67NO18/c1-3-5-7-9-11-12-14-21(42)20(38-25(43)15-13-10-8-6-4-2)19-51-35-31(49)28(46)33(23(17-40)53-35)56-37-32(50)29(47)34(24(18-41)54-37)55-36-30(48)27(45)26(44)22(16-39)52-36/h12,14,20-24,26-37,39-42,44-50H,3-11,13,15-19H2,1-2H3,(H,38,43)/b14-12+. The Kier molecular flexibility index (Phi) is 22.0. The fourth-order valence-corrected chi connectivity index (χ4v) is 6.83. The zero-order chi connectivity index (χ0) is 41.4. The molecule has 19 heteroatoms. The highest BCUT2D eigenvalue weighted by atomic mass is 16.8. The number of ether oxygens (including phenoxy) is 6. The van der Waals surface area contributed by atoms with Gasteiger partial charge in [-0.05, 0) is 19.3 Å². The summed E-state index contributed by atoms with van der Waals surface area (Å²) in [4.78, 5) is 12.8. The number of hydrogen-bond acceptors (Lipinski definition) is 18. The number of hydrogen-bond donors (Lipinski definition) is 12. The molecule has 0 aromatic rings. The van der Waals surface area contributed by atoms with Gasteiger partial charge < -0.3 is 89.9 Å². The number of allylic oxidation sites excluding steroid dienone is 1. The molecular formula is C37H67NO18. The molecule has 17 unspecified atom stereocenters. The summed E-state index contributed by atoms with van der Waals surface area (Å²) >= 11 is 0. The van der Waals surface area contributed by atoms with Gasteiger partial charge in [0.2, 0.25) is 5.91 Å². The summed E-state index contributed by atoms with van der Waals surface area (Å²) in [5, 5.41) is 118. The maximum atomic E-state index is 12.8. The number of carbonyl (C=O) groups excluding carboxylic acids is 1. The van der Waals surface area contributed by atoms with Gasteiger partial charge >= 0.3 is 0 Å². The van der Waals surface area contributed by atoms with Crippen LogP contribution >= 0.6 is 0 Å². The van der Waals surface area contributed by atoms with Crippen molar-refractivity contribution >= 4 is 5.91 Å². The van der Waals surface area contributed by atoms with E-state index in [1.54, 1.807) is 6.08 Å². The van der Waals surface area contributed by atoms with Crippen LogP contribution in [0.25, 0.3) is 0 Å². The quantitative estimate of drug-likeness (QED) is 0.0346. The van der Waals surface area contributed by atoms with Crippen molar-refractivity contribution in [3.8, 4) is 0 Å². The molecule has 3 saturated heterocycles. The van der Waals surface area contributed by atoms with Gasteiger partial charge in [0, 0.05) is 6.42 Å². The molecular weight excluding hydrogens is 746 g/mol. The third kappa shape index (κ3) is 13.8. The molecule has 0 aromatic heterocycles. The smallest absolute Gasteiger partial charge is 0.220 e. The van der Waals surface area contributed by atoms with Crippen LogP contribution in [0.15, 0.2) is 12.2 Å². The number of rotatable bonds is 24. The molecule has 0 bridgehead atoms. The van der Waals surface area contributed by atoms with Crippen LogP contribution in [0, 0.1) is 0 Å². The highest BCUT2D eigenvalue weighted by Gasteiger charge is 2.53. The van der Waals surface area contributed by atoms with E-state index in [0.717, 1.165) is 57.8 Å². The van der Waals surface area contributed by atoms with Gasteiger partial charge in [-0.3, -0.25) is 4.79 Å². The SMILES string of the molecule is CCCCCC/C=C/C(O)C(COC1OC(CO)C(OC2OC(CO)C(OC3OC(CO)C(O)C(O)C3O)C(O)C2O)C(O)C1O)NC(=O)CCCCCCC. The molecule has 0 radical (unpaired) electrons. The molecule has 0 spiro atoms. The lowest BCUT2D eigenvalue weighted by molar-refractivity contribution is -0.379. The lowest BCUT2D eigenvalue weighted by Gasteiger charge is -2.48. The number of nitrogens with one attached hydrogen (secondary N) is 1. The third-order valence-corrected chi connectivity index (χ3v) is 10.3. The first-order valence-electron chi connectivity index (χ1n) is 19.9. The Hall–Kier alpha value is -1.47. The van der Waals surface area contributed by atoms with Gasteiger partial charge in [0.1, 0.15) is 73.2 Å². The Labute approximate surface area is 327 Å². The number of aliphatic hydroxyl groups is 11. The van der Waals surface area contributed by atoms with Crippen LogP contribution in [0.4, 0.5) is 0 Å². The summed E-state index contributed by atoms with van der Waals surface area (Å²) in [6.45, 7) is 1.43. The molecule has 0 aromatic carbocycles. The van der Waals surface area contributed by atoms with Crippen molar-refractivity contribution in [1.29, 1.82) is 0 Å². The molecule has 17 atom stereocenters. The summed E-state index contributed by atoms with van der Waals surface area (Å²) in [7, 11) is 0. The van der Waals surface area contributed by atoms with Gasteiger partial charge in [-0.1, -0.05) is 70.9 Å². The molecule has 3 rings (SSSR count). The van der Waals surface area contributed by atoms with Crippen LogP contribution in [0.5, 0.6) is 0 Å². The third-order valence-electron chi connectivity index (χ3n) is 10.3. The van der Waals surface area contributed by atoms with E-state index < -0.39 is 124 Å². The maximum Gasteiger partial charge on any atom is 0.220 e. The number of unbranched alkanes of at least 4 members (excludes halogenated alkanes) is 8. The minimum Gasteiger partial charge on any atom is -0.394 e. The average molecular weight is 814 g/mol. The predicted molar refractivity (Wildman–Crippen MR) is 194 cm³/mol. The molecule has 56 heavy (non-hydrogen) atoms. The minimum atomic E-state index is -1.97. The Balaban J connectivity index is 1.65. The van der Waals surface area contributed by atoms with Gasteiger partial charge in [-0.2, -0.15) is 0 Å². The Morgan fingerprint density at radius 2 is 1.11 bits per heavy atom. The van der Waals surface area contributed by atoms with Crippen LogP contribution in [-0.2, 0) is 33.2 Å². The van der Waals surface area contributed by atoms with Crippen molar-refractivity contribution in [2.45, 2.75) is 189 Å². The Bertz CT molecular complexity index is 1120. The fraction of sp³-hybridized carbons (Fsp3) is 0.919. The molecule has 3 fully saturated rings. The highest BCUT2D eigenvalue weighted by molar-refractivity contribution is 5.76. The van der Waals surface area contributed by atoms with Crippen LogP contribution < -0.4 is 5.32 Å². The van der Waals surface area contributed by atoms with Gasteiger partial charge in [0.15, 0.2) is 18.9 Å². The van der Waals surface area contributed by atoms with E-state index in [1.165, 1.54) is 0 Å². The van der Waals surface area contributed by atoms with E-state index in [1.807, 2.05) is 6.08 Å². The van der Waals surface area contributed by atoms with Crippen LogP contribution in [0.3, 0.4) is 0 Å². The van der Waals surface area contributed by atoms with Crippen molar-refractivity contribution in [1.82, 2.24) is 5.32 Å². The predicted octanol–water partition coefficient (Wildman–Crippen LogP) is -2.82. The van der Waals surface area contributed by atoms with E-state index in [2.05, 4.69) is 19.2 Å². The molecule has 0 aliphatic carbocycles. The summed E-state index contributed by atoms with van der Waals surface area (Å²) in [6.07, 6.45) is -13.5. The molecule has 19 nitrogen and oxygen atoms in total. The van der Waals surface area contributed by atoms with Crippen molar-refractivity contribution in [2.75, 3.05) is 26.4 Å². The van der Waals surface area contributed by atoms with E-state index >= 15 is 0 Å². The van der Waals surface area contributed by atoms with E-state index in [4.69, 9.17) is 28.4 Å². The van der Waals surface area contributed by atoms with Crippen molar-refractivity contribution in [3.63, 3.8) is 0 Å². The van der Waals surface area contributed by atoms with Gasteiger partial charge in [-0.25, -0.2) is 0 Å². The number of amides is 1. The second-order valence-electron chi connectivity index (χ2n) is 14.8. The molecule has 328 valence electrons. The summed E-state index contributed by atoms with van der Waals surface area (Å²) < 4.78 is 33.7. The topological polar surface area (TPSA) is 307 Å². The minimum absolute atomic E-state index is 0.238. The Morgan fingerprint density at radius 1 is 0.625 bits per heavy atom. The van der Waals surface area contributed by atoms with Crippen molar-refractivity contribution < 1.29 is 89.4 Å². The van der Waals surface area contributed by atoms with Crippen LogP contribution in [0.1, 0.15) is 84.5 Å². The number of aliphatic hydroxyl groups excluding tert-OH is 11. The van der Waals surface area contributed by atoms with Crippen molar-refractivity contribution in [2.24, 2.45) is 0 Å². The normalized spacial score (nSPS) is 37.8. The molecule has 1 amide bonds. The zero-order valence-corrected chi connectivity index (χ0v) is 32.4. The number of carbonyl (C=O) groups is 1. The first kappa shape index (κ1) is 48.9. The van der Waals surface area contributed by atoms with Crippen LogP contribution in [0.2, 0.25) is 0 Å². The van der Waals surface area contributed by atoms with E-state index in [9.17, 15) is 61.0 Å². The van der Waals surface area contributed by atoms with Crippen LogP contribution in [-0.4, -0.2) is 193 Å². The zero-order valence-electron chi connectivity index (χ0n) is 32.4. The molecule has 0 saturated carbocycles.